The molecule has 3 aromatic rings. The summed E-state index contributed by atoms with van der Waals surface area (Å²) in [7, 11) is 1.49. The maximum atomic E-state index is 12.3. The summed E-state index contributed by atoms with van der Waals surface area (Å²) in [6.45, 7) is 2.05. The fourth-order valence-corrected chi connectivity index (χ4v) is 3.52. The molecular formula is C15H13N3O2S2. The van der Waals surface area contributed by atoms with Gasteiger partial charge < -0.3 is 4.74 Å². The molecule has 0 saturated heterocycles. The molecule has 112 valence electrons. The Bertz CT molecular complexity index is 810. The van der Waals surface area contributed by atoms with Gasteiger partial charge in [0, 0.05) is 16.5 Å². The number of aromatic nitrogens is 2. The van der Waals surface area contributed by atoms with E-state index in [2.05, 4.69) is 28.3 Å². The highest BCUT2D eigenvalue weighted by molar-refractivity contribution is 7.17. The molecule has 7 heteroatoms. The van der Waals surface area contributed by atoms with Crippen molar-refractivity contribution in [2.24, 2.45) is 0 Å². The van der Waals surface area contributed by atoms with E-state index in [-0.39, 0.29) is 5.91 Å². The topological polar surface area (TPSA) is 64.1 Å². The number of amides is 1. The molecule has 0 bridgehead atoms. The first-order valence-corrected chi connectivity index (χ1v) is 8.19. The standard InChI is InChI=1S/C15H13N3O2S2/c1-9-5-6-12(22-9)11-8-21-15(17-11)18-13(19)10-4-3-7-16-14(10)20-2/h3-8H,1-2H3,(H,17,18,19). The van der Waals surface area contributed by atoms with Crippen LogP contribution in [0.1, 0.15) is 15.2 Å². The average Bonchev–Trinajstić information content (AvgIpc) is 3.16. The number of carbonyl (C=O) groups is 1. The Labute approximate surface area is 135 Å². The van der Waals surface area contributed by atoms with Crippen molar-refractivity contribution in [1.29, 1.82) is 0 Å². The number of anilines is 1. The molecule has 0 aliphatic carbocycles. The maximum absolute atomic E-state index is 12.3. The van der Waals surface area contributed by atoms with Crippen LogP contribution in [0.3, 0.4) is 0 Å². The van der Waals surface area contributed by atoms with E-state index in [1.165, 1.54) is 23.3 Å². The van der Waals surface area contributed by atoms with Crippen molar-refractivity contribution < 1.29 is 9.53 Å². The summed E-state index contributed by atoms with van der Waals surface area (Å²) in [6, 6.07) is 7.44. The number of hydrogen-bond acceptors (Lipinski definition) is 6. The number of aryl methyl sites for hydroxylation is 1. The number of thiazole rings is 1. The summed E-state index contributed by atoms with van der Waals surface area (Å²) < 4.78 is 5.09. The van der Waals surface area contributed by atoms with Gasteiger partial charge in [-0.3, -0.25) is 10.1 Å². The van der Waals surface area contributed by atoms with Crippen LogP contribution in [0.5, 0.6) is 5.88 Å². The molecule has 3 rings (SSSR count). The molecule has 3 heterocycles. The molecular weight excluding hydrogens is 318 g/mol. The minimum Gasteiger partial charge on any atom is -0.480 e. The van der Waals surface area contributed by atoms with Crippen LogP contribution in [-0.2, 0) is 0 Å². The van der Waals surface area contributed by atoms with Gasteiger partial charge in [-0.25, -0.2) is 9.97 Å². The van der Waals surface area contributed by atoms with E-state index >= 15 is 0 Å². The zero-order valence-corrected chi connectivity index (χ0v) is 13.6. The minimum atomic E-state index is -0.284. The molecule has 1 N–H and O–H groups in total. The second kappa shape index (κ2) is 6.25. The summed E-state index contributed by atoms with van der Waals surface area (Å²) in [6.07, 6.45) is 1.58. The molecule has 5 nitrogen and oxygen atoms in total. The summed E-state index contributed by atoms with van der Waals surface area (Å²) in [5.41, 5.74) is 1.25. The van der Waals surface area contributed by atoms with E-state index in [0.29, 0.717) is 16.6 Å². The van der Waals surface area contributed by atoms with Crippen LogP contribution in [0.25, 0.3) is 10.6 Å². The van der Waals surface area contributed by atoms with Crippen LogP contribution < -0.4 is 10.1 Å². The van der Waals surface area contributed by atoms with Crippen molar-refractivity contribution >= 4 is 33.7 Å². The predicted molar refractivity (Wildman–Crippen MR) is 88.9 cm³/mol. The highest BCUT2D eigenvalue weighted by Crippen LogP contribution is 2.30. The number of nitrogens with one attached hydrogen (secondary N) is 1. The van der Waals surface area contributed by atoms with Gasteiger partial charge >= 0.3 is 0 Å². The molecule has 0 aliphatic rings. The monoisotopic (exact) mass is 331 g/mol. The number of pyridine rings is 1. The average molecular weight is 331 g/mol. The molecule has 0 atom stereocenters. The molecule has 0 unspecified atom stereocenters. The highest BCUT2D eigenvalue weighted by atomic mass is 32.1. The van der Waals surface area contributed by atoms with E-state index in [0.717, 1.165) is 10.6 Å². The van der Waals surface area contributed by atoms with Crippen molar-refractivity contribution in [3.05, 3.63) is 46.3 Å². The number of carbonyl (C=O) groups excluding carboxylic acids is 1. The molecule has 1 amide bonds. The van der Waals surface area contributed by atoms with Crippen LogP contribution in [0.15, 0.2) is 35.8 Å². The molecule has 0 spiro atoms. The zero-order valence-electron chi connectivity index (χ0n) is 12.0. The van der Waals surface area contributed by atoms with Crippen molar-refractivity contribution in [3.8, 4) is 16.5 Å². The number of hydrogen-bond donors (Lipinski definition) is 1. The van der Waals surface area contributed by atoms with Gasteiger partial charge in [0.05, 0.1) is 17.7 Å². The Kier molecular flexibility index (Phi) is 4.17. The fourth-order valence-electron chi connectivity index (χ4n) is 1.91. The SMILES string of the molecule is COc1ncccc1C(=O)Nc1nc(-c2ccc(C)s2)cs1. The third-order valence-electron chi connectivity index (χ3n) is 2.93. The molecule has 0 radical (unpaired) electrons. The smallest absolute Gasteiger partial charge is 0.262 e. The van der Waals surface area contributed by atoms with Crippen LogP contribution in [-0.4, -0.2) is 23.0 Å². The molecule has 22 heavy (non-hydrogen) atoms. The molecule has 0 fully saturated rings. The Morgan fingerprint density at radius 3 is 2.91 bits per heavy atom. The number of thiophene rings is 1. The molecule has 0 saturated carbocycles. The van der Waals surface area contributed by atoms with E-state index < -0.39 is 0 Å². The van der Waals surface area contributed by atoms with Crippen LogP contribution in [0.4, 0.5) is 5.13 Å². The Hall–Kier alpha value is -2.25. The first-order chi connectivity index (χ1) is 10.7. The summed E-state index contributed by atoms with van der Waals surface area (Å²) in [4.78, 5) is 23.1. The number of rotatable bonds is 4. The lowest BCUT2D eigenvalue weighted by atomic mass is 10.2. The summed E-state index contributed by atoms with van der Waals surface area (Å²) >= 11 is 3.07. The first kappa shape index (κ1) is 14.7. The lowest BCUT2D eigenvalue weighted by Gasteiger charge is -2.05. The van der Waals surface area contributed by atoms with Crippen LogP contribution in [0.2, 0.25) is 0 Å². The maximum Gasteiger partial charge on any atom is 0.262 e. The molecule has 3 aromatic heterocycles. The predicted octanol–water partition coefficient (Wildman–Crippen LogP) is 3.84. The van der Waals surface area contributed by atoms with Crippen LogP contribution in [0, 0.1) is 6.92 Å². The number of nitrogens with zero attached hydrogens (tertiary/aromatic N) is 2. The number of ether oxygens (including phenoxy) is 1. The van der Waals surface area contributed by atoms with Gasteiger partial charge in [-0.15, -0.1) is 22.7 Å². The van der Waals surface area contributed by atoms with Gasteiger partial charge in [0.1, 0.15) is 5.56 Å². The van der Waals surface area contributed by atoms with E-state index in [9.17, 15) is 4.79 Å². The van der Waals surface area contributed by atoms with Gasteiger partial charge in [-0.1, -0.05) is 0 Å². The van der Waals surface area contributed by atoms with Crippen molar-refractivity contribution in [3.63, 3.8) is 0 Å². The normalized spacial score (nSPS) is 10.5. The van der Waals surface area contributed by atoms with Gasteiger partial charge in [0.25, 0.3) is 5.91 Å². The largest absolute Gasteiger partial charge is 0.480 e. The van der Waals surface area contributed by atoms with Gasteiger partial charge in [-0.05, 0) is 31.2 Å². The fraction of sp³-hybridized carbons (Fsp3) is 0.133. The zero-order chi connectivity index (χ0) is 15.5. The Morgan fingerprint density at radius 1 is 1.32 bits per heavy atom. The highest BCUT2D eigenvalue weighted by Gasteiger charge is 2.15. The molecule has 0 aliphatic heterocycles. The lowest BCUT2D eigenvalue weighted by molar-refractivity contribution is 0.102. The van der Waals surface area contributed by atoms with Crippen molar-refractivity contribution in [2.75, 3.05) is 12.4 Å². The van der Waals surface area contributed by atoms with E-state index in [4.69, 9.17) is 4.74 Å². The lowest BCUT2D eigenvalue weighted by Crippen LogP contribution is -2.13. The van der Waals surface area contributed by atoms with E-state index in [1.54, 1.807) is 29.7 Å². The first-order valence-electron chi connectivity index (χ1n) is 6.50. The molecule has 0 aromatic carbocycles. The third kappa shape index (κ3) is 3.00. The minimum absolute atomic E-state index is 0.284. The summed E-state index contributed by atoms with van der Waals surface area (Å²) in [5.74, 6) is 0.0128. The second-order valence-corrected chi connectivity index (χ2v) is 6.61. The Morgan fingerprint density at radius 2 is 2.18 bits per heavy atom. The van der Waals surface area contributed by atoms with Crippen molar-refractivity contribution in [2.45, 2.75) is 6.92 Å². The summed E-state index contributed by atoms with van der Waals surface area (Å²) in [5, 5.41) is 5.27. The van der Waals surface area contributed by atoms with Crippen molar-refractivity contribution in [1.82, 2.24) is 9.97 Å². The Balaban J connectivity index is 1.79. The van der Waals surface area contributed by atoms with Crippen LogP contribution >= 0.6 is 22.7 Å². The van der Waals surface area contributed by atoms with Gasteiger partial charge in [0.2, 0.25) is 5.88 Å². The van der Waals surface area contributed by atoms with Gasteiger partial charge in [0.15, 0.2) is 5.13 Å². The van der Waals surface area contributed by atoms with Gasteiger partial charge in [-0.2, -0.15) is 0 Å². The van der Waals surface area contributed by atoms with E-state index in [1.807, 2.05) is 11.4 Å². The number of methoxy groups -OCH3 is 1. The second-order valence-electron chi connectivity index (χ2n) is 4.46. The quantitative estimate of drug-likeness (QED) is 0.789. The third-order valence-corrected chi connectivity index (χ3v) is 4.71.